The Bertz CT molecular complexity index is 496. The van der Waals surface area contributed by atoms with Gasteiger partial charge in [-0.1, -0.05) is 19.4 Å². The standard InChI is InChI=1S/C14H17NO3/c1-3-9-6-12(9)13(16)15-10-5-4-8(2)11(7-10)14(17)18/h4-5,7,9,12H,3,6H2,1-2H3,(H,15,16)(H,17,18). The van der Waals surface area contributed by atoms with E-state index in [1.54, 1.807) is 19.1 Å². The first kappa shape index (κ1) is 12.6. The third kappa shape index (κ3) is 2.53. The van der Waals surface area contributed by atoms with Crippen LogP contribution in [0.2, 0.25) is 0 Å². The Morgan fingerprint density at radius 2 is 2.17 bits per heavy atom. The van der Waals surface area contributed by atoms with E-state index in [1.807, 2.05) is 0 Å². The van der Waals surface area contributed by atoms with Crippen LogP contribution in [0.3, 0.4) is 0 Å². The fourth-order valence-corrected chi connectivity index (χ4v) is 2.19. The highest BCUT2D eigenvalue weighted by Crippen LogP contribution is 2.41. The molecule has 1 aliphatic rings. The van der Waals surface area contributed by atoms with Crippen molar-refractivity contribution in [1.82, 2.24) is 0 Å². The molecule has 0 saturated heterocycles. The molecule has 1 aromatic carbocycles. The smallest absolute Gasteiger partial charge is 0.336 e. The van der Waals surface area contributed by atoms with Gasteiger partial charge in [0.05, 0.1) is 5.56 Å². The Morgan fingerprint density at radius 3 is 2.72 bits per heavy atom. The summed E-state index contributed by atoms with van der Waals surface area (Å²) in [5, 5.41) is 11.8. The number of hydrogen-bond donors (Lipinski definition) is 2. The van der Waals surface area contributed by atoms with Gasteiger partial charge in [0.15, 0.2) is 0 Å². The number of carboxylic acids is 1. The van der Waals surface area contributed by atoms with Crippen LogP contribution in [0.1, 0.15) is 35.7 Å². The fraction of sp³-hybridized carbons (Fsp3) is 0.429. The first-order chi connectivity index (χ1) is 8.52. The van der Waals surface area contributed by atoms with E-state index < -0.39 is 5.97 Å². The molecule has 2 N–H and O–H groups in total. The van der Waals surface area contributed by atoms with Crippen LogP contribution in [-0.2, 0) is 4.79 Å². The molecule has 1 aliphatic carbocycles. The SMILES string of the molecule is CCC1CC1C(=O)Nc1ccc(C)c(C(=O)O)c1. The van der Waals surface area contributed by atoms with Crippen LogP contribution in [0.5, 0.6) is 0 Å². The lowest BCUT2D eigenvalue weighted by Crippen LogP contribution is -2.15. The zero-order valence-electron chi connectivity index (χ0n) is 10.6. The third-order valence-electron chi connectivity index (χ3n) is 3.52. The first-order valence-corrected chi connectivity index (χ1v) is 6.17. The van der Waals surface area contributed by atoms with E-state index in [-0.39, 0.29) is 17.4 Å². The van der Waals surface area contributed by atoms with E-state index >= 15 is 0 Å². The van der Waals surface area contributed by atoms with Gasteiger partial charge < -0.3 is 10.4 Å². The van der Waals surface area contributed by atoms with Crippen molar-refractivity contribution in [3.05, 3.63) is 29.3 Å². The second-order valence-electron chi connectivity index (χ2n) is 4.83. The number of carbonyl (C=O) groups is 2. The minimum absolute atomic E-state index is 0.00189. The Morgan fingerprint density at radius 1 is 1.44 bits per heavy atom. The quantitative estimate of drug-likeness (QED) is 0.859. The maximum Gasteiger partial charge on any atom is 0.336 e. The molecule has 4 heteroatoms. The van der Waals surface area contributed by atoms with Gasteiger partial charge in [-0.2, -0.15) is 0 Å². The second-order valence-corrected chi connectivity index (χ2v) is 4.83. The average Bonchev–Trinajstić information content (AvgIpc) is 3.10. The van der Waals surface area contributed by atoms with E-state index in [9.17, 15) is 9.59 Å². The molecule has 1 fully saturated rings. The highest BCUT2D eigenvalue weighted by atomic mass is 16.4. The van der Waals surface area contributed by atoms with Crippen LogP contribution >= 0.6 is 0 Å². The Kier molecular flexibility index (Phi) is 3.36. The van der Waals surface area contributed by atoms with Gasteiger partial charge in [-0.15, -0.1) is 0 Å². The van der Waals surface area contributed by atoms with E-state index in [4.69, 9.17) is 5.11 Å². The average molecular weight is 247 g/mol. The van der Waals surface area contributed by atoms with E-state index in [2.05, 4.69) is 12.2 Å². The summed E-state index contributed by atoms with van der Waals surface area (Å²) in [6, 6.07) is 4.96. The topological polar surface area (TPSA) is 66.4 Å². The fourth-order valence-electron chi connectivity index (χ4n) is 2.19. The van der Waals surface area contributed by atoms with E-state index in [0.717, 1.165) is 12.8 Å². The van der Waals surface area contributed by atoms with Crippen LogP contribution < -0.4 is 5.32 Å². The summed E-state index contributed by atoms with van der Waals surface area (Å²) in [7, 11) is 0. The van der Waals surface area contributed by atoms with Gasteiger partial charge in [0, 0.05) is 11.6 Å². The summed E-state index contributed by atoms with van der Waals surface area (Å²) < 4.78 is 0. The summed E-state index contributed by atoms with van der Waals surface area (Å²) in [6.07, 6.45) is 1.96. The van der Waals surface area contributed by atoms with Crippen molar-refractivity contribution >= 4 is 17.6 Å². The molecule has 0 heterocycles. The molecule has 0 spiro atoms. The molecule has 96 valence electrons. The summed E-state index contributed by atoms with van der Waals surface area (Å²) in [5.74, 6) is -0.373. The maximum absolute atomic E-state index is 11.9. The largest absolute Gasteiger partial charge is 0.478 e. The van der Waals surface area contributed by atoms with E-state index in [0.29, 0.717) is 17.2 Å². The van der Waals surface area contributed by atoms with Crippen LogP contribution in [0.4, 0.5) is 5.69 Å². The van der Waals surface area contributed by atoms with Gasteiger partial charge in [0.25, 0.3) is 0 Å². The van der Waals surface area contributed by atoms with Crippen molar-refractivity contribution in [2.24, 2.45) is 11.8 Å². The van der Waals surface area contributed by atoms with Crippen LogP contribution in [0.25, 0.3) is 0 Å². The molecule has 2 unspecified atom stereocenters. The Balaban J connectivity index is 2.08. The van der Waals surface area contributed by atoms with Crippen molar-refractivity contribution in [3.8, 4) is 0 Å². The number of aromatic carboxylic acids is 1. The van der Waals surface area contributed by atoms with E-state index in [1.165, 1.54) is 6.07 Å². The van der Waals surface area contributed by atoms with Crippen molar-refractivity contribution in [2.75, 3.05) is 5.32 Å². The molecule has 0 aliphatic heterocycles. The minimum atomic E-state index is -0.971. The van der Waals surface area contributed by atoms with Crippen molar-refractivity contribution in [1.29, 1.82) is 0 Å². The molecule has 2 rings (SSSR count). The number of benzene rings is 1. The molecule has 0 bridgehead atoms. The van der Waals surface area contributed by atoms with Crippen molar-refractivity contribution in [3.63, 3.8) is 0 Å². The third-order valence-corrected chi connectivity index (χ3v) is 3.52. The van der Waals surface area contributed by atoms with Gasteiger partial charge in [-0.05, 0) is 37.0 Å². The zero-order chi connectivity index (χ0) is 13.3. The molecule has 1 aromatic rings. The van der Waals surface area contributed by atoms with Gasteiger partial charge in [-0.3, -0.25) is 4.79 Å². The lowest BCUT2D eigenvalue weighted by molar-refractivity contribution is -0.117. The van der Waals surface area contributed by atoms with Gasteiger partial charge in [0.1, 0.15) is 0 Å². The number of rotatable bonds is 4. The molecule has 1 amide bonds. The molecule has 4 nitrogen and oxygen atoms in total. The number of amides is 1. The predicted molar refractivity (Wildman–Crippen MR) is 68.7 cm³/mol. The highest BCUT2D eigenvalue weighted by molar-refractivity contribution is 5.96. The number of nitrogens with one attached hydrogen (secondary N) is 1. The summed E-state index contributed by atoms with van der Waals surface area (Å²) >= 11 is 0. The minimum Gasteiger partial charge on any atom is -0.478 e. The lowest BCUT2D eigenvalue weighted by Gasteiger charge is -2.07. The normalized spacial score (nSPS) is 21.4. The molecular formula is C14H17NO3. The molecule has 1 saturated carbocycles. The monoisotopic (exact) mass is 247 g/mol. The molecule has 0 radical (unpaired) electrons. The molecule has 18 heavy (non-hydrogen) atoms. The number of hydrogen-bond acceptors (Lipinski definition) is 2. The number of anilines is 1. The maximum atomic E-state index is 11.9. The summed E-state index contributed by atoms with van der Waals surface area (Å²) in [6.45, 7) is 3.81. The zero-order valence-corrected chi connectivity index (χ0v) is 10.6. The van der Waals surface area contributed by atoms with Crippen molar-refractivity contribution < 1.29 is 14.7 Å². The second kappa shape index (κ2) is 4.80. The molecule has 2 atom stereocenters. The number of carboxylic acid groups (broad SMARTS) is 1. The first-order valence-electron chi connectivity index (χ1n) is 6.17. The molecular weight excluding hydrogens is 230 g/mol. The van der Waals surface area contributed by atoms with Gasteiger partial charge in [0.2, 0.25) is 5.91 Å². The Labute approximate surface area is 106 Å². The highest BCUT2D eigenvalue weighted by Gasteiger charge is 2.41. The van der Waals surface area contributed by atoms with Crippen LogP contribution in [-0.4, -0.2) is 17.0 Å². The van der Waals surface area contributed by atoms with Gasteiger partial charge >= 0.3 is 5.97 Å². The number of carbonyl (C=O) groups excluding carboxylic acids is 1. The Hall–Kier alpha value is -1.84. The lowest BCUT2D eigenvalue weighted by atomic mass is 10.1. The van der Waals surface area contributed by atoms with Crippen LogP contribution in [0.15, 0.2) is 18.2 Å². The van der Waals surface area contributed by atoms with Crippen molar-refractivity contribution in [2.45, 2.75) is 26.7 Å². The van der Waals surface area contributed by atoms with Gasteiger partial charge in [-0.25, -0.2) is 4.79 Å². The molecule has 0 aromatic heterocycles. The number of aryl methyl sites for hydroxylation is 1. The predicted octanol–water partition coefficient (Wildman–Crippen LogP) is 2.68. The summed E-state index contributed by atoms with van der Waals surface area (Å²) in [4.78, 5) is 22.8. The van der Waals surface area contributed by atoms with Crippen LogP contribution in [0, 0.1) is 18.8 Å². The summed E-state index contributed by atoms with van der Waals surface area (Å²) in [5.41, 5.74) is 1.48.